The number of hydrogen-bond acceptors (Lipinski definition) is 3. The van der Waals surface area contributed by atoms with Crippen molar-refractivity contribution in [3.05, 3.63) is 34.9 Å². The van der Waals surface area contributed by atoms with Gasteiger partial charge in [-0.3, -0.25) is 4.90 Å². The fraction of sp³-hybridized carbons (Fsp3) is 0.611. The molecule has 0 aliphatic carbocycles. The normalized spacial score (nSPS) is 22.8. The van der Waals surface area contributed by atoms with Crippen molar-refractivity contribution in [3.63, 3.8) is 0 Å². The molecule has 1 aromatic carbocycles. The second kappa shape index (κ2) is 8.70. The minimum Gasteiger partial charge on any atom is -0.379 e. The molecule has 6 heteroatoms. The molecular formula is C18H27ClN4O. The summed E-state index contributed by atoms with van der Waals surface area (Å²) in [5.74, 6) is 1.02. The van der Waals surface area contributed by atoms with Gasteiger partial charge in [-0.05, 0) is 31.0 Å². The summed E-state index contributed by atoms with van der Waals surface area (Å²) >= 11 is 5.95. The highest BCUT2D eigenvalue weighted by molar-refractivity contribution is 6.30. The van der Waals surface area contributed by atoms with E-state index in [9.17, 15) is 0 Å². The molecule has 1 N–H and O–H groups in total. The first kappa shape index (κ1) is 17.5. The van der Waals surface area contributed by atoms with Gasteiger partial charge in [0.25, 0.3) is 0 Å². The van der Waals surface area contributed by atoms with E-state index >= 15 is 0 Å². The van der Waals surface area contributed by atoms with E-state index in [4.69, 9.17) is 21.3 Å². The van der Waals surface area contributed by atoms with E-state index in [0.717, 1.165) is 56.9 Å². The molecule has 2 aliphatic heterocycles. The Morgan fingerprint density at radius 2 is 2.00 bits per heavy atom. The molecule has 0 spiro atoms. The molecule has 0 bridgehead atoms. The Morgan fingerprint density at radius 1 is 1.25 bits per heavy atom. The number of halogens is 1. The Kier molecular flexibility index (Phi) is 6.35. The van der Waals surface area contributed by atoms with Gasteiger partial charge in [-0.1, -0.05) is 23.7 Å². The molecule has 132 valence electrons. The predicted molar refractivity (Wildman–Crippen MR) is 98.6 cm³/mol. The van der Waals surface area contributed by atoms with E-state index in [1.54, 1.807) is 0 Å². The van der Waals surface area contributed by atoms with Crippen LogP contribution in [0.3, 0.4) is 0 Å². The van der Waals surface area contributed by atoms with Gasteiger partial charge in [0.05, 0.1) is 19.8 Å². The number of aliphatic imine (C=N–C) groups is 1. The summed E-state index contributed by atoms with van der Waals surface area (Å²) in [6.45, 7) is 9.63. The van der Waals surface area contributed by atoms with Crippen molar-refractivity contribution in [2.24, 2.45) is 4.99 Å². The molecule has 1 unspecified atom stereocenters. The molecule has 5 nitrogen and oxygen atoms in total. The molecule has 3 rings (SSSR count). The lowest BCUT2D eigenvalue weighted by molar-refractivity contribution is 0.0195. The van der Waals surface area contributed by atoms with E-state index in [-0.39, 0.29) is 0 Å². The number of nitrogens with one attached hydrogen (secondary N) is 1. The molecule has 2 saturated heterocycles. The molecule has 0 amide bonds. The number of ether oxygens (including phenoxy) is 1. The van der Waals surface area contributed by atoms with E-state index in [1.165, 1.54) is 12.0 Å². The molecule has 1 atom stereocenters. The Hall–Kier alpha value is -1.30. The maximum Gasteiger partial charge on any atom is 0.194 e. The highest BCUT2D eigenvalue weighted by atomic mass is 35.5. The third kappa shape index (κ3) is 4.62. The molecule has 2 aliphatic rings. The monoisotopic (exact) mass is 350 g/mol. The van der Waals surface area contributed by atoms with Gasteiger partial charge in [0.1, 0.15) is 0 Å². The van der Waals surface area contributed by atoms with E-state index in [1.807, 2.05) is 24.3 Å². The number of guanidine groups is 1. The van der Waals surface area contributed by atoms with Crippen molar-refractivity contribution in [1.82, 2.24) is 15.1 Å². The first-order valence-electron chi connectivity index (χ1n) is 8.85. The highest BCUT2D eigenvalue weighted by Crippen LogP contribution is 2.17. The fourth-order valence-electron chi connectivity index (χ4n) is 3.36. The first-order valence-corrected chi connectivity index (χ1v) is 9.23. The summed E-state index contributed by atoms with van der Waals surface area (Å²) in [5, 5.41) is 4.20. The lowest BCUT2D eigenvalue weighted by Gasteiger charge is -2.32. The van der Waals surface area contributed by atoms with Crippen LogP contribution in [0.25, 0.3) is 0 Å². The molecule has 1 aromatic rings. The summed E-state index contributed by atoms with van der Waals surface area (Å²) in [6.07, 6.45) is 1.20. The van der Waals surface area contributed by atoms with Crippen LogP contribution < -0.4 is 5.32 Å². The number of likely N-dealkylation sites (tertiary alicyclic amines) is 1. The van der Waals surface area contributed by atoms with Crippen molar-refractivity contribution >= 4 is 17.6 Å². The van der Waals surface area contributed by atoms with Gasteiger partial charge in [-0.2, -0.15) is 0 Å². The number of morpholine rings is 1. The quantitative estimate of drug-likeness (QED) is 0.667. The summed E-state index contributed by atoms with van der Waals surface area (Å²) < 4.78 is 5.47. The van der Waals surface area contributed by atoms with Crippen LogP contribution in [-0.4, -0.2) is 67.7 Å². The molecule has 24 heavy (non-hydrogen) atoms. The smallest absolute Gasteiger partial charge is 0.194 e. The van der Waals surface area contributed by atoms with Gasteiger partial charge in [0.2, 0.25) is 0 Å². The molecule has 0 aromatic heterocycles. The fourth-order valence-corrected chi connectivity index (χ4v) is 3.48. The van der Waals surface area contributed by atoms with E-state index in [0.29, 0.717) is 12.6 Å². The second-order valence-electron chi connectivity index (χ2n) is 6.33. The maximum atomic E-state index is 5.95. The SMILES string of the molecule is CCNC(=NCc1ccc(Cl)cc1)N1CCC(N2CCOCC2)C1. The zero-order valence-electron chi connectivity index (χ0n) is 14.4. The number of rotatable bonds is 4. The van der Waals surface area contributed by atoms with Crippen molar-refractivity contribution < 1.29 is 4.74 Å². The molecule has 0 saturated carbocycles. The van der Waals surface area contributed by atoms with Crippen LogP contribution in [0, 0.1) is 0 Å². The molecule has 0 radical (unpaired) electrons. The van der Waals surface area contributed by atoms with Gasteiger partial charge < -0.3 is 15.0 Å². The van der Waals surface area contributed by atoms with Gasteiger partial charge in [-0.25, -0.2) is 4.99 Å². The summed E-state index contributed by atoms with van der Waals surface area (Å²) in [5.41, 5.74) is 1.18. The Morgan fingerprint density at radius 3 is 2.71 bits per heavy atom. The maximum absolute atomic E-state index is 5.95. The average Bonchev–Trinajstić information content (AvgIpc) is 3.11. The standard InChI is InChI=1S/C18H27ClN4O/c1-2-20-18(21-13-15-3-5-16(19)6-4-15)23-8-7-17(14-23)22-9-11-24-12-10-22/h3-6,17H,2,7-14H2,1H3,(H,20,21). The predicted octanol–water partition coefficient (Wildman–Crippen LogP) is 2.21. The molecule has 2 heterocycles. The minimum absolute atomic E-state index is 0.619. The Labute approximate surface area is 149 Å². The third-order valence-corrected chi connectivity index (χ3v) is 4.94. The molecule has 2 fully saturated rings. The highest BCUT2D eigenvalue weighted by Gasteiger charge is 2.30. The average molecular weight is 351 g/mol. The van der Waals surface area contributed by atoms with Crippen molar-refractivity contribution in [2.75, 3.05) is 45.9 Å². The van der Waals surface area contributed by atoms with Crippen LogP contribution in [0.1, 0.15) is 18.9 Å². The number of benzene rings is 1. The lowest BCUT2D eigenvalue weighted by atomic mass is 10.2. The van der Waals surface area contributed by atoms with Crippen molar-refractivity contribution in [3.8, 4) is 0 Å². The van der Waals surface area contributed by atoms with Gasteiger partial charge in [-0.15, -0.1) is 0 Å². The van der Waals surface area contributed by atoms with Crippen LogP contribution in [0.2, 0.25) is 5.02 Å². The van der Waals surface area contributed by atoms with Crippen LogP contribution in [-0.2, 0) is 11.3 Å². The van der Waals surface area contributed by atoms with Crippen LogP contribution >= 0.6 is 11.6 Å². The lowest BCUT2D eigenvalue weighted by Crippen LogP contribution is -2.46. The van der Waals surface area contributed by atoms with Crippen LogP contribution in [0.5, 0.6) is 0 Å². The largest absolute Gasteiger partial charge is 0.379 e. The Balaban J connectivity index is 1.60. The van der Waals surface area contributed by atoms with Crippen molar-refractivity contribution in [1.29, 1.82) is 0 Å². The second-order valence-corrected chi connectivity index (χ2v) is 6.77. The summed E-state index contributed by atoms with van der Waals surface area (Å²) in [6, 6.07) is 8.53. The number of hydrogen-bond donors (Lipinski definition) is 1. The number of nitrogens with zero attached hydrogens (tertiary/aromatic N) is 3. The summed E-state index contributed by atoms with van der Waals surface area (Å²) in [4.78, 5) is 9.77. The Bertz CT molecular complexity index is 542. The minimum atomic E-state index is 0.619. The first-order chi connectivity index (χ1) is 11.8. The van der Waals surface area contributed by atoms with Gasteiger partial charge >= 0.3 is 0 Å². The van der Waals surface area contributed by atoms with Crippen LogP contribution in [0.4, 0.5) is 0 Å². The van der Waals surface area contributed by atoms with E-state index < -0.39 is 0 Å². The van der Waals surface area contributed by atoms with Gasteiger partial charge in [0, 0.05) is 43.8 Å². The third-order valence-electron chi connectivity index (χ3n) is 4.68. The summed E-state index contributed by atoms with van der Waals surface area (Å²) in [7, 11) is 0. The zero-order valence-corrected chi connectivity index (χ0v) is 15.1. The van der Waals surface area contributed by atoms with E-state index in [2.05, 4.69) is 22.0 Å². The van der Waals surface area contributed by atoms with Crippen molar-refractivity contribution in [2.45, 2.75) is 25.9 Å². The van der Waals surface area contributed by atoms with Crippen LogP contribution in [0.15, 0.2) is 29.3 Å². The topological polar surface area (TPSA) is 40.1 Å². The molecular weight excluding hydrogens is 324 g/mol. The zero-order chi connectivity index (χ0) is 16.8. The van der Waals surface area contributed by atoms with Gasteiger partial charge in [0.15, 0.2) is 5.96 Å².